The number of pyridine rings is 2. The van der Waals surface area contributed by atoms with Crippen LogP contribution in [0.3, 0.4) is 0 Å². The van der Waals surface area contributed by atoms with E-state index >= 15 is 0 Å². The van der Waals surface area contributed by atoms with E-state index in [0.717, 1.165) is 30.4 Å². The van der Waals surface area contributed by atoms with Crippen LogP contribution in [-0.2, 0) is 22.6 Å². The third-order valence-corrected chi connectivity index (χ3v) is 7.13. The second-order valence-electron chi connectivity index (χ2n) is 9.41. The predicted molar refractivity (Wildman–Crippen MR) is 153 cm³/mol. The molecule has 2 aromatic heterocycles. The second-order valence-corrected chi connectivity index (χ2v) is 10.3. The van der Waals surface area contributed by atoms with E-state index in [1.54, 1.807) is 19.1 Å². The van der Waals surface area contributed by atoms with Gasteiger partial charge < -0.3 is 22.5 Å². The van der Waals surface area contributed by atoms with Gasteiger partial charge in [0.25, 0.3) is 0 Å². The molecule has 0 spiro atoms. The average molecular weight is 558 g/mol. The number of nitrogens with one attached hydrogen (secondary N) is 1. The summed E-state index contributed by atoms with van der Waals surface area (Å²) in [6, 6.07) is 13.2. The van der Waals surface area contributed by atoms with Crippen LogP contribution in [-0.4, -0.2) is 27.7 Å². The number of hydrogen-bond donors (Lipinski definition) is 4. The summed E-state index contributed by atoms with van der Waals surface area (Å²) in [6.07, 6.45) is 6.41. The first-order valence-corrected chi connectivity index (χ1v) is 13.3. The number of aryl methyl sites for hydroxylation is 1. The Morgan fingerprint density at radius 3 is 2.21 bits per heavy atom. The molecule has 202 valence electrons. The number of Topliss-reactive ketones (excluding diaryl/α,β-unsaturated/α-hetero) is 1. The number of carbonyl (C=O) groups is 2. The van der Waals surface area contributed by atoms with E-state index in [4.69, 9.17) is 40.4 Å². The highest BCUT2D eigenvalue weighted by Gasteiger charge is 2.31. The molecule has 0 radical (unpaired) electrons. The van der Waals surface area contributed by atoms with Crippen LogP contribution in [0.25, 0.3) is 0 Å². The Kier molecular flexibility index (Phi) is 10.9. The van der Waals surface area contributed by atoms with E-state index in [2.05, 4.69) is 27.4 Å². The van der Waals surface area contributed by atoms with Crippen molar-refractivity contribution in [3.05, 3.63) is 81.6 Å². The smallest absolute Gasteiger partial charge is 0.223 e. The zero-order valence-corrected chi connectivity index (χ0v) is 22.9. The minimum absolute atomic E-state index is 0.0228. The molecular formula is C28H34Cl2N6O2. The number of aromatic nitrogens is 2. The number of anilines is 2. The Hall–Kier alpha value is -3.20. The van der Waals surface area contributed by atoms with Crippen molar-refractivity contribution in [2.45, 2.75) is 57.5 Å². The van der Waals surface area contributed by atoms with Gasteiger partial charge in [0.2, 0.25) is 5.91 Å². The van der Waals surface area contributed by atoms with Gasteiger partial charge in [0, 0.05) is 36.8 Å². The highest BCUT2D eigenvalue weighted by Crippen LogP contribution is 2.38. The number of rotatable bonds is 8. The van der Waals surface area contributed by atoms with Gasteiger partial charge in [-0.1, -0.05) is 53.5 Å². The van der Waals surface area contributed by atoms with Gasteiger partial charge in [-0.3, -0.25) is 9.59 Å². The van der Waals surface area contributed by atoms with E-state index in [1.165, 1.54) is 18.0 Å². The molecule has 1 saturated carbocycles. The van der Waals surface area contributed by atoms with Gasteiger partial charge in [-0.15, -0.1) is 0 Å². The lowest BCUT2D eigenvalue weighted by Gasteiger charge is -2.17. The van der Waals surface area contributed by atoms with E-state index < -0.39 is 6.04 Å². The fourth-order valence-electron chi connectivity index (χ4n) is 4.48. The summed E-state index contributed by atoms with van der Waals surface area (Å²) in [4.78, 5) is 32.9. The van der Waals surface area contributed by atoms with Gasteiger partial charge in [-0.05, 0) is 61.8 Å². The van der Waals surface area contributed by atoms with Crippen LogP contribution in [0.2, 0.25) is 10.0 Å². The maximum atomic E-state index is 12.6. The maximum Gasteiger partial charge on any atom is 0.223 e. The molecule has 4 rings (SSSR count). The number of benzene rings is 1. The van der Waals surface area contributed by atoms with Crippen molar-refractivity contribution in [1.82, 2.24) is 15.3 Å². The average Bonchev–Trinajstić information content (AvgIpc) is 3.42. The van der Waals surface area contributed by atoms with Crippen LogP contribution in [0.15, 0.2) is 54.9 Å². The lowest BCUT2D eigenvalue weighted by atomic mass is 9.96. The van der Waals surface area contributed by atoms with Crippen molar-refractivity contribution < 1.29 is 9.59 Å². The largest absolute Gasteiger partial charge is 0.383 e. The maximum absolute atomic E-state index is 12.6. The van der Waals surface area contributed by atoms with Crippen LogP contribution >= 0.6 is 23.2 Å². The first kappa shape index (κ1) is 29.4. The number of nitrogens with zero attached hydrogens (tertiary/aromatic N) is 2. The Morgan fingerprint density at radius 2 is 1.61 bits per heavy atom. The molecule has 1 fully saturated rings. The SMILES string of the molecule is C[C@H](NC(=O)[C@@H]1CCC(c2ccccc2)C1)C(=O)CCc1cc(Cl)cnc1N.NCc1cc(Cl)cnc1N. The van der Waals surface area contributed by atoms with Crippen LogP contribution < -0.4 is 22.5 Å². The summed E-state index contributed by atoms with van der Waals surface area (Å²) in [5.41, 5.74) is 19.4. The summed E-state index contributed by atoms with van der Waals surface area (Å²) in [6.45, 7) is 2.11. The molecule has 0 saturated heterocycles. The molecule has 0 aliphatic heterocycles. The lowest BCUT2D eigenvalue weighted by molar-refractivity contribution is -0.129. The van der Waals surface area contributed by atoms with Crippen molar-refractivity contribution in [1.29, 1.82) is 0 Å². The number of carbonyl (C=O) groups excluding carboxylic acids is 2. The molecule has 7 N–H and O–H groups in total. The van der Waals surface area contributed by atoms with Crippen LogP contribution in [0.4, 0.5) is 11.6 Å². The van der Waals surface area contributed by atoms with Crippen molar-refractivity contribution in [3.8, 4) is 0 Å². The number of halogens is 2. The Balaban J connectivity index is 0.000000336. The van der Waals surface area contributed by atoms with Crippen LogP contribution in [0.5, 0.6) is 0 Å². The minimum atomic E-state index is -0.517. The Bertz CT molecular complexity index is 1240. The number of nitrogen functional groups attached to an aromatic ring is 2. The first-order chi connectivity index (χ1) is 18.2. The van der Waals surface area contributed by atoms with Crippen LogP contribution in [0, 0.1) is 5.92 Å². The number of amides is 1. The van der Waals surface area contributed by atoms with Gasteiger partial charge >= 0.3 is 0 Å². The lowest BCUT2D eigenvalue weighted by Crippen LogP contribution is -2.41. The first-order valence-electron chi connectivity index (χ1n) is 12.6. The highest BCUT2D eigenvalue weighted by atomic mass is 35.5. The van der Waals surface area contributed by atoms with Crippen LogP contribution in [0.1, 0.15) is 55.2 Å². The number of nitrogens with two attached hydrogens (primary N) is 3. The minimum Gasteiger partial charge on any atom is -0.383 e. The standard InChI is InChI=1S/C22H26ClN3O2.C6H8ClN3/c1-14(20(27)10-9-17-12-19(23)13-25-21(17)24)26-22(28)18-8-7-16(11-18)15-5-3-2-4-6-15;7-5-1-4(2-8)6(9)10-3-5/h2-6,12-14,16,18H,7-11H2,1H3,(H2,24,25)(H,26,28);1,3H,2,8H2,(H2,9,10)/t14-,16?,18+;/m0./s1. The molecule has 1 aromatic carbocycles. The molecule has 1 unspecified atom stereocenters. The van der Waals surface area contributed by atoms with E-state index in [-0.39, 0.29) is 24.0 Å². The Labute approximate surface area is 233 Å². The molecule has 2 heterocycles. The van der Waals surface area contributed by atoms with Gasteiger partial charge in [0.15, 0.2) is 5.78 Å². The summed E-state index contributed by atoms with van der Waals surface area (Å²) in [5.74, 6) is 1.17. The number of hydrogen-bond acceptors (Lipinski definition) is 7. The zero-order valence-electron chi connectivity index (χ0n) is 21.4. The third kappa shape index (κ3) is 8.41. The van der Waals surface area contributed by atoms with E-state index in [0.29, 0.717) is 40.6 Å². The summed E-state index contributed by atoms with van der Waals surface area (Å²) in [5, 5.41) is 3.95. The molecule has 1 amide bonds. The molecule has 8 nitrogen and oxygen atoms in total. The molecule has 0 bridgehead atoms. The molecule has 3 atom stereocenters. The van der Waals surface area contributed by atoms with Gasteiger partial charge in [0.1, 0.15) is 11.6 Å². The van der Waals surface area contributed by atoms with Gasteiger partial charge in [-0.2, -0.15) is 0 Å². The van der Waals surface area contributed by atoms with Crippen molar-refractivity contribution in [2.75, 3.05) is 11.5 Å². The van der Waals surface area contributed by atoms with Gasteiger partial charge in [0.05, 0.1) is 16.1 Å². The summed E-state index contributed by atoms with van der Waals surface area (Å²) in [7, 11) is 0. The van der Waals surface area contributed by atoms with Crippen molar-refractivity contribution in [2.24, 2.45) is 11.7 Å². The molecule has 38 heavy (non-hydrogen) atoms. The highest BCUT2D eigenvalue weighted by molar-refractivity contribution is 6.30. The fraction of sp³-hybridized carbons (Fsp3) is 0.357. The number of ketones is 1. The molecule has 10 heteroatoms. The van der Waals surface area contributed by atoms with Gasteiger partial charge in [-0.25, -0.2) is 9.97 Å². The summed E-state index contributed by atoms with van der Waals surface area (Å²) >= 11 is 11.6. The Morgan fingerprint density at radius 1 is 1.00 bits per heavy atom. The summed E-state index contributed by atoms with van der Waals surface area (Å²) < 4.78 is 0. The van der Waals surface area contributed by atoms with E-state index in [9.17, 15) is 9.59 Å². The molecular weight excluding hydrogens is 523 g/mol. The zero-order chi connectivity index (χ0) is 27.7. The van der Waals surface area contributed by atoms with Crippen molar-refractivity contribution >= 4 is 46.5 Å². The second kappa shape index (κ2) is 14.1. The normalized spacial score (nSPS) is 17.3. The molecule has 3 aromatic rings. The monoisotopic (exact) mass is 556 g/mol. The predicted octanol–water partition coefficient (Wildman–Crippen LogP) is 4.68. The third-order valence-electron chi connectivity index (χ3n) is 6.71. The van der Waals surface area contributed by atoms with Crippen molar-refractivity contribution in [3.63, 3.8) is 0 Å². The molecule has 1 aliphatic carbocycles. The fourth-order valence-corrected chi connectivity index (χ4v) is 4.84. The quantitative estimate of drug-likeness (QED) is 0.314. The topological polar surface area (TPSA) is 150 Å². The van der Waals surface area contributed by atoms with E-state index in [1.807, 2.05) is 18.2 Å². The molecule has 1 aliphatic rings.